The van der Waals surface area contributed by atoms with Crippen LogP contribution in [0.1, 0.15) is 11.1 Å². The molecule has 0 heterocycles. The van der Waals surface area contributed by atoms with Gasteiger partial charge in [0.2, 0.25) is 5.91 Å². The Kier molecular flexibility index (Phi) is 5.84. The van der Waals surface area contributed by atoms with Gasteiger partial charge in [0.1, 0.15) is 5.75 Å². The lowest BCUT2D eigenvalue weighted by molar-refractivity contribution is -0.111. The summed E-state index contributed by atoms with van der Waals surface area (Å²) < 4.78 is 15.7. The minimum Gasteiger partial charge on any atom is -0.495 e. The molecule has 2 aromatic rings. The number of carbonyl (C=O) groups is 1. The van der Waals surface area contributed by atoms with Crippen LogP contribution in [-0.2, 0) is 4.79 Å². The normalized spacial score (nSPS) is 10.5. The van der Waals surface area contributed by atoms with Gasteiger partial charge in [-0.2, -0.15) is 0 Å². The van der Waals surface area contributed by atoms with Gasteiger partial charge in [0.25, 0.3) is 0 Å². The maximum atomic E-state index is 12.1. The Morgan fingerprint density at radius 2 is 1.58 bits per heavy atom. The predicted octanol–water partition coefficient (Wildman–Crippen LogP) is 3.67. The number of anilines is 1. The molecular weight excluding hydrogens is 306 g/mol. The number of rotatable bonds is 6. The van der Waals surface area contributed by atoms with Gasteiger partial charge in [-0.25, -0.2) is 0 Å². The van der Waals surface area contributed by atoms with Crippen LogP contribution in [-0.4, -0.2) is 27.2 Å². The third-order valence-corrected chi connectivity index (χ3v) is 3.45. The Hall–Kier alpha value is -2.95. The molecule has 0 atom stereocenters. The van der Waals surface area contributed by atoms with Crippen molar-refractivity contribution in [1.29, 1.82) is 0 Å². The second-order valence-electron chi connectivity index (χ2n) is 5.14. The van der Waals surface area contributed by atoms with Crippen LogP contribution >= 0.6 is 0 Å². The van der Waals surface area contributed by atoms with Crippen LogP contribution in [0, 0.1) is 6.92 Å². The molecule has 1 amide bonds. The van der Waals surface area contributed by atoms with Crippen molar-refractivity contribution in [2.75, 3.05) is 26.6 Å². The molecule has 0 radical (unpaired) electrons. The first-order chi connectivity index (χ1) is 11.6. The first kappa shape index (κ1) is 17.4. The van der Waals surface area contributed by atoms with Crippen LogP contribution in [0.15, 0.2) is 42.5 Å². The molecule has 0 aromatic heterocycles. The summed E-state index contributed by atoms with van der Waals surface area (Å²) in [6.07, 6.45) is 3.17. The van der Waals surface area contributed by atoms with E-state index in [9.17, 15) is 4.79 Å². The molecule has 0 fully saturated rings. The number of hydrogen-bond acceptors (Lipinski definition) is 4. The van der Waals surface area contributed by atoms with E-state index in [4.69, 9.17) is 14.2 Å². The fourth-order valence-corrected chi connectivity index (χ4v) is 2.22. The number of amides is 1. The van der Waals surface area contributed by atoms with Crippen molar-refractivity contribution in [3.63, 3.8) is 0 Å². The SMILES string of the molecule is COc1ccc(C)cc1NC(=O)/C=C\c1ccc(OC)c(OC)c1. The zero-order chi connectivity index (χ0) is 17.5. The fourth-order valence-electron chi connectivity index (χ4n) is 2.22. The van der Waals surface area contributed by atoms with E-state index < -0.39 is 0 Å². The Morgan fingerprint density at radius 3 is 2.25 bits per heavy atom. The van der Waals surface area contributed by atoms with Crippen molar-refractivity contribution in [2.24, 2.45) is 0 Å². The molecule has 0 aliphatic heterocycles. The van der Waals surface area contributed by atoms with Gasteiger partial charge < -0.3 is 19.5 Å². The van der Waals surface area contributed by atoms with Gasteiger partial charge in [-0.05, 0) is 48.4 Å². The van der Waals surface area contributed by atoms with Crippen molar-refractivity contribution in [2.45, 2.75) is 6.92 Å². The number of aryl methyl sites for hydroxylation is 1. The first-order valence-corrected chi connectivity index (χ1v) is 7.43. The first-order valence-electron chi connectivity index (χ1n) is 7.43. The number of methoxy groups -OCH3 is 3. The maximum absolute atomic E-state index is 12.1. The van der Waals surface area contributed by atoms with E-state index in [0.29, 0.717) is 22.9 Å². The average molecular weight is 327 g/mol. The molecule has 24 heavy (non-hydrogen) atoms. The lowest BCUT2D eigenvalue weighted by atomic mass is 10.2. The minimum absolute atomic E-state index is 0.242. The summed E-state index contributed by atoms with van der Waals surface area (Å²) >= 11 is 0. The molecule has 2 rings (SSSR count). The van der Waals surface area contributed by atoms with Crippen LogP contribution in [0.25, 0.3) is 6.08 Å². The van der Waals surface area contributed by atoms with E-state index in [-0.39, 0.29) is 5.91 Å². The predicted molar refractivity (Wildman–Crippen MR) is 94.9 cm³/mol. The van der Waals surface area contributed by atoms with Gasteiger partial charge in [-0.3, -0.25) is 4.79 Å². The van der Waals surface area contributed by atoms with Crippen LogP contribution < -0.4 is 19.5 Å². The monoisotopic (exact) mass is 327 g/mol. The van der Waals surface area contributed by atoms with Crippen LogP contribution in [0.5, 0.6) is 17.2 Å². The number of hydrogen-bond donors (Lipinski definition) is 1. The van der Waals surface area contributed by atoms with E-state index in [1.165, 1.54) is 6.08 Å². The largest absolute Gasteiger partial charge is 0.495 e. The van der Waals surface area contributed by atoms with Gasteiger partial charge in [-0.1, -0.05) is 12.1 Å². The summed E-state index contributed by atoms with van der Waals surface area (Å²) in [6, 6.07) is 11.0. The Morgan fingerprint density at radius 1 is 0.917 bits per heavy atom. The molecule has 0 saturated heterocycles. The summed E-state index contributed by atoms with van der Waals surface area (Å²) in [5.74, 6) is 1.63. The topological polar surface area (TPSA) is 56.8 Å². The highest BCUT2D eigenvalue weighted by molar-refractivity contribution is 6.02. The molecule has 0 spiro atoms. The molecule has 0 unspecified atom stereocenters. The molecule has 0 aliphatic rings. The molecule has 0 saturated carbocycles. The third kappa shape index (κ3) is 4.29. The third-order valence-electron chi connectivity index (χ3n) is 3.45. The molecule has 0 aliphatic carbocycles. The van der Waals surface area contributed by atoms with E-state index >= 15 is 0 Å². The molecule has 5 nitrogen and oxygen atoms in total. The summed E-state index contributed by atoms with van der Waals surface area (Å²) in [7, 11) is 4.72. The quantitative estimate of drug-likeness (QED) is 0.823. The number of carbonyl (C=O) groups excluding carboxylic acids is 1. The van der Waals surface area contributed by atoms with Gasteiger partial charge in [0.05, 0.1) is 27.0 Å². The van der Waals surface area contributed by atoms with Crippen molar-refractivity contribution < 1.29 is 19.0 Å². The highest BCUT2D eigenvalue weighted by Crippen LogP contribution is 2.28. The Bertz CT molecular complexity index is 753. The summed E-state index contributed by atoms with van der Waals surface area (Å²) in [6.45, 7) is 1.95. The Labute approximate surface area is 141 Å². The molecule has 1 N–H and O–H groups in total. The second kappa shape index (κ2) is 8.06. The van der Waals surface area contributed by atoms with Crippen molar-refractivity contribution >= 4 is 17.7 Å². The zero-order valence-corrected chi connectivity index (χ0v) is 14.3. The number of ether oxygens (including phenoxy) is 3. The standard InChI is InChI=1S/C19H21NO4/c1-13-5-8-16(22-2)15(11-13)20-19(21)10-7-14-6-9-17(23-3)18(12-14)24-4/h5-12H,1-4H3,(H,20,21)/b10-7-. The smallest absolute Gasteiger partial charge is 0.248 e. The van der Waals surface area contributed by atoms with E-state index in [0.717, 1.165) is 11.1 Å². The molecular formula is C19H21NO4. The lowest BCUT2D eigenvalue weighted by Crippen LogP contribution is -2.09. The average Bonchev–Trinajstić information content (AvgIpc) is 2.59. The van der Waals surface area contributed by atoms with Crippen LogP contribution in [0.4, 0.5) is 5.69 Å². The highest BCUT2D eigenvalue weighted by atomic mass is 16.5. The van der Waals surface area contributed by atoms with Gasteiger partial charge >= 0.3 is 0 Å². The van der Waals surface area contributed by atoms with Crippen LogP contribution in [0.3, 0.4) is 0 Å². The van der Waals surface area contributed by atoms with Gasteiger partial charge in [0, 0.05) is 6.08 Å². The maximum Gasteiger partial charge on any atom is 0.248 e. The second-order valence-corrected chi connectivity index (χ2v) is 5.14. The number of nitrogens with one attached hydrogen (secondary N) is 1. The van der Waals surface area contributed by atoms with Crippen molar-refractivity contribution in [3.8, 4) is 17.2 Å². The Balaban J connectivity index is 2.12. The highest BCUT2D eigenvalue weighted by Gasteiger charge is 2.06. The van der Waals surface area contributed by atoms with Gasteiger partial charge in [-0.15, -0.1) is 0 Å². The minimum atomic E-state index is -0.242. The fraction of sp³-hybridized carbons (Fsp3) is 0.211. The van der Waals surface area contributed by atoms with Gasteiger partial charge in [0.15, 0.2) is 11.5 Å². The number of benzene rings is 2. The molecule has 0 bridgehead atoms. The zero-order valence-electron chi connectivity index (χ0n) is 14.3. The van der Waals surface area contributed by atoms with Crippen LogP contribution in [0.2, 0.25) is 0 Å². The van der Waals surface area contributed by atoms with E-state index in [1.807, 2.05) is 31.2 Å². The van der Waals surface area contributed by atoms with Crippen molar-refractivity contribution in [1.82, 2.24) is 0 Å². The van der Waals surface area contributed by atoms with E-state index in [2.05, 4.69) is 5.32 Å². The summed E-state index contributed by atoms with van der Waals surface area (Å²) in [4.78, 5) is 12.1. The molecule has 2 aromatic carbocycles. The molecule has 126 valence electrons. The summed E-state index contributed by atoms with van der Waals surface area (Å²) in [5.41, 5.74) is 2.51. The molecule has 5 heteroatoms. The van der Waals surface area contributed by atoms with Crippen molar-refractivity contribution in [3.05, 3.63) is 53.6 Å². The lowest BCUT2D eigenvalue weighted by Gasteiger charge is -2.09. The summed E-state index contributed by atoms with van der Waals surface area (Å²) in [5, 5.41) is 2.82. The van der Waals surface area contributed by atoms with E-state index in [1.54, 1.807) is 39.5 Å².